The summed E-state index contributed by atoms with van der Waals surface area (Å²) in [6, 6.07) is 14.1. The van der Waals surface area contributed by atoms with Gasteiger partial charge in [-0.2, -0.15) is 10.5 Å². The number of allylic oxidation sites excluding steroid dienone is 1. The Morgan fingerprint density at radius 2 is 1.62 bits per heavy atom. The lowest BCUT2D eigenvalue weighted by Crippen LogP contribution is -2.18. The lowest BCUT2D eigenvalue weighted by Gasteiger charge is -2.13. The van der Waals surface area contributed by atoms with E-state index in [0.717, 1.165) is 16.7 Å². The molecule has 0 heterocycles. The summed E-state index contributed by atoms with van der Waals surface area (Å²) >= 11 is 0. The van der Waals surface area contributed by atoms with Crippen LogP contribution in [0.5, 0.6) is 11.5 Å². The average molecular weight is 346 g/mol. The summed E-state index contributed by atoms with van der Waals surface area (Å²) in [5, 5.41) is 17.5. The van der Waals surface area contributed by atoms with Crippen LogP contribution in [0.15, 0.2) is 42.0 Å². The quantitative estimate of drug-likeness (QED) is 0.464. The molecular formula is C21H18N2O3. The standard InChI is InChI=1S/C21H18N2O3/c1-14-4-5-15(2)21(16(14)3)25-13-20(24)26-19-8-6-17(7-9-19)10-18(11-22)12-23/h4-10H,13H2,1-3H3. The number of benzene rings is 2. The van der Waals surface area contributed by atoms with Crippen LogP contribution in [0.25, 0.3) is 6.08 Å². The summed E-state index contributed by atoms with van der Waals surface area (Å²) in [6.07, 6.45) is 1.46. The van der Waals surface area contributed by atoms with Gasteiger partial charge in [-0.15, -0.1) is 0 Å². The first-order chi connectivity index (χ1) is 12.4. The van der Waals surface area contributed by atoms with Crippen LogP contribution in [-0.4, -0.2) is 12.6 Å². The van der Waals surface area contributed by atoms with Crippen LogP contribution in [-0.2, 0) is 4.79 Å². The number of nitriles is 2. The van der Waals surface area contributed by atoms with Gasteiger partial charge in [0, 0.05) is 0 Å². The third kappa shape index (κ3) is 4.72. The zero-order valence-electron chi connectivity index (χ0n) is 14.9. The lowest BCUT2D eigenvalue weighted by atomic mass is 10.1. The minimum absolute atomic E-state index is 0.00652. The van der Waals surface area contributed by atoms with E-state index in [1.165, 1.54) is 6.08 Å². The first kappa shape index (κ1) is 18.8. The van der Waals surface area contributed by atoms with Gasteiger partial charge in [0.05, 0.1) is 0 Å². The van der Waals surface area contributed by atoms with E-state index in [-0.39, 0.29) is 12.2 Å². The van der Waals surface area contributed by atoms with Crippen molar-refractivity contribution < 1.29 is 14.3 Å². The van der Waals surface area contributed by atoms with E-state index in [9.17, 15) is 4.79 Å². The molecular weight excluding hydrogens is 328 g/mol. The van der Waals surface area contributed by atoms with E-state index >= 15 is 0 Å². The SMILES string of the molecule is Cc1ccc(C)c(OCC(=O)Oc2ccc(C=C(C#N)C#N)cc2)c1C. The van der Waals surface area contributed by atoms with Crippen LogP contribution < -0.4 is 9.47 Å². The second-order valence-corrected chi connectivity index (χ2v) is 5.77. The molecule has 0 aliphatic carbocycles. The Kier molecular flexibility index (Phi) is 6.14. The van der Waals surface area contributed by atoms with E-state index < -0.39 is 5.97 Å². The predicted molar refractivity (Wildman–Crippen MR) is 97.4 cm³/mol. The van der Waals surface area contributed by atoms with Gasteiger partial charge in [0.15, 0.2) is 6.61 Å². The minimum atomic E-state index is -0.511. The van der Waals surface area contributed by atoms with Crippen molar-refractivity contribution in [3.63, 3.8) is 0 Å². The molecule has 0 amide bonds. The Morgan fingerprint density at radius 3 is 2.23 bits per heavy atom. The molecule has 0 spiro atoms. The highest BCUT2D eigenvalue weighted by molar-refractivity contribution is 5.74. The molecule has 0 aromatic heterocycles. The van der Waals surface area contributed by atoms with Crippen molar-refractivity contribution in [3.8, 4) is 23.6 Å². The Balaban J connectivity index is 1.99. The normalized spacial score (nSPS) is 9.58. The van der Waals surface area contributed by atoms with Crippen LogP contribution in [0, 0.1) is 43.4 Å². The average Bonchev–Trinajstić information content (AvgIpc) is 2.64. The van der Waals surface area contributed by atoms with Crippen molar-refractivity contribution in [2.24, 2.45) is 0 Å². The fourth-order valence-corrected chi connectivity index (χ4v) is 2.33. The molecule has 0 aliphatic heterocycles. The number of aryl methyl sites for hydroxylation is 2. The highest BCUT2D eigenvalue weighted by Crippen LogP contribution is 2.25. The highest BCUT2D eigenvalue weighted by atomic mass is 16.6. The number of rotatable bonds is 5. The third-order valence-corrected chi connectivity index (χ3v) is 3.87. The van der Waals surface area contributed by atoms with Crippen LogP contribution in [0.1, 0.15) is 22.3 Å². The second-order valence-electron chi connectivity index (χ2n) is 5.77. The molecule has 0 saturated heterocycles. The molecule has 0 fully saturated rings. The number of hydrogen-bond acceptors (Lipinski definition) is 5. The van der Waals surface area contributed by atoms with E-state index in [0.29, 0.717) is 17.1 Å². The largest absolute Gasteiger partial charge is 0.481 e. The molecule has 0 radical (unpaired) electrons. The summed E-state index contributed by atoms with van der Waals surface area (Å²) in [4.78, 5) is 12.0. The number of esters is 1. The third-order valence-electron chi connectivity index (χ3n) is 3.87. The smallest absolute Gasteiger partial charge is 0.349 e. The molecule has 5 nitrogen and oxygen atoms in total. The summed E-state index contributed by atoms with van der Waals surface area (Å²) in [5.74, 6) is 0.551. The predicted octanol–water partition coefficient (Wildman–Crippen LogP) is 4.03. The number of carbonyl (C=O) groups excluding carboxylic acids is 1. The molecule has 0 saturated carbocycles. The van der Waals surface area contributed by atoms with Crippen LogP contribution >= 0.6 is 0 Å². The van der Waals surface area contributed by atoms with Crippen molar-refractivity contribution in [2.45, 2.75) is 20.8 Å². The van der Waals surface area contributed by atoms with Gasteiger partial charge in [-0.3, -0.25) is 0 Å². The molecule has 0 N–H and O–H groups in total. The van der Waals surface area contributed by atoms with Gasteiger partial charge in [0.2, 0.25) is 0 Å². The Bertz CT molecular complexity index is 913. The Morgan fingerprint density at radius 1 is 1.00 bits per heavy atom. The molecule has 0 bridgehead atoms. The van der Waals surface area contributed by atoms with E-state index in [1.807, 2.05) is 32.9 Å². The van der Waals surface area contributed by atoms with Crippen molar-refractivity contribution in [3.05, 3.63) is 64.2 Å². The zero-order chi connectivity index (χ0) is 19.1. The maximum absolute atomic E-state index is 12.0. The Hall–Kier alpha value is -3.57. The monoisotopic (exact) mass is 346 g/mol. The lowest BCUT2D eigenvalue weighted by molar-refractivity contribution is -0.136. The highest BCUT2D eigenvalue weighted by Gasteiger charge is 2.11. The maximum atomic E-state index is 12.0. The summed E-state index contributed by atoms with van der Waals surface area (Å²) in [7, 11) is 0. The molecule has 130 valence electrons. The zero-order valence-corrected chi connectivity index (χ0v) is 14.9. The summed E-state index contributed by atoms with van der Waals surface area (Å²) < 4.78 is 10.9. The molecule has 2 aromatic carbocycles. The second kappa shape index (κ2) is 8.50. The van der Waals surface area contributed by atoms with E-state index in [1.54, 1.807) is 36.4 Å². The maximum Gasteiger partial charge on any atom is 0.349 e. The number of hydrogen-bond donors (Lipinski definition) is 0. The van der Waals surface area contributed by atoms with Gasteiger partial charge in [0.1, 0.15) is 29.2 Å². The van der Waals surface area contributed by atoms with Gasteiger partial charge in [-0.1, -0.05) is 24.3 Å². The molecule has 26 heavy (non-hydrogen) atoms. The summed E-state index contributed by atoms with van der Waals surface area (Å²) in [5.41, 5.74) is 3.73. The van der Waals surface area contributed by atoms with Crippen molar-refractivity contribution >= 4 is 12.0 Å². The summed E-state index contributed by atoms with van der Waals surface area (Å²) in [6.45, 7) is 5.67. The van der Waals surface area contributed by atoms with Crippen molar-refractivity contribution in [1.82, 2.24) is 0 Å². The minimum Gasteiger partial charge on any atom is -0.481 e. The molecule has 0 unspecified atom stereocenters. The van der Waals surface area contributed by atoms with E-state index in [4.69, 9.17) is 20.0 Å². The van der Waals surface area contributed by atoms with Gasteiger partial charge in [-0.25, -0.2) is 4.79 Å². The first-order valence-electron chi connectivity index (χ1n) is 7.97. The van der Waals surface area contributed by atoms with Crippen LogP contribution in [0.4, 0.5) is 0 Å². The van der Waals surface area contributed by atoms with Crippen LogP contribution in [0.2, 0.25) is 0 Å². The van der Waals surface area contributed by atoms with Crippen molar-refractivity contribution in [2.75, 3.05) is 6.61 Å². The fraction of sp³-hybridized carbons (Fsp3) is 0.190. The van der Waals surface area contributed by atoms with Gasteiger partial charge in [-0.05, 0) is 61.2 Å². The molecule has 0 aliphatic rings. The first-order valence-corrected chi connectivity index (χ1v) is 7.97. The van der Waals surface area contributed by atoms with Crippen LogP contribution in [0.3, 0.4) is 0 Å². The van der Waals surface area contributed by atoms with Crippen molar-refractivity contribution in [1.29, 1.82) is 10.5 Å². The Labute approximate surface area is 152 Å². The molecule has 2 aromatic rings. The van der Waals surface area contributed by atoms with Gasteiger partial charge >= 0.3 is 5.97 Å². The number of carbonyl (C=O) groups is 1. The number of ether oxygens (including phenoxy) is 2. The van der Waals surface area contributed by atoms with Gasteiger partial charge in [0.25, 0.3) is 0 Å². The molecule has 5 heteroatoms. The molecule has 0 atom stereocenters. The fourth-order valence-electron chi connectivity index (χ4n) is 2.33. The van der Waals surface area contributed by atoms with E-state index in [2.05, 4.69) is 0 Å². The van der Waals surface area contributed by atoms with Gasteiger partial charge < -0.3 is 9.47 Å². The topological polar surface area (TPSA) is 83.1 Å². The number of nitrogens with zero attached hydrogens (tertiary/aromatic N) is 2. The molecule has 2 rings (SSSR count).